The Kier molecular flexibility index (Phi) is 5.50. The molecule has 3 rings (SSSR count). The van der Waals surface area contributed by atoms with Crippen molar-refractivity contribution < 1.29 is 13.2 Å². The van der Waals surface area contributed by atoms with E-state index in [2.05, 4.69) is 20.3 Å². The van der Waals surface area contributed by atoms with Crippen LogP contribution >= 0.6 is 11.8 Å². The number of aryl methyl sites for hydroxylation is 1. The zero-order chi connectivity index (χ0) is 19.4. The van der Waals surface area contributed by atoms with Crippen molar-refractivity contribution >= 4 is 29.3 Å². The zero-order valence-electron chi connectivity index (χ0n) is 14.3. The summed E-state index contributed by atoms with van der Waals surface area (Å²) in [6.07, 6.45) is -4.38. The SMILES string of the molecule is Cc1ccccc1Nc1nc(N)nc(CSc2cccc(C(F)(F)F)c2)n1. The van der Waals surface area contributed by atoms with Crippen LogP contribution in [-0.2, 0) is 11.9 Å². The Morgan fingerprint density at radius 2 is 1.81 bits per heavy atom. The third-order valence-corrected chi connectivity index (χ3v) is 4.61. The van der Waals surface area contributed by atoms with Crippen molar-refractivity contribution in [2.75, 3.05) is 11.1 Å². The maximum Gasteiger partial charge on any atom is 0.416 e. The van der Waals surface area contributed by atoms with E-state index in [1.165, 1.54) is 17.8 Å². The standard InChI is InChI=1S/C18H16F3N5S/c1-11-5-2-3-8-14(11)23-17-25-15(24-16(22)26-17)10-27-13-7-4-6-12(9-13)18(19,20)21/h2-9H,10H2,1H3,(H3,22,23,24,25,26). The minimum absolute atomic E-state index is 0.0423. The Bertz CT molecular complexity index is 946. The average Bonchev–Trinajstić information content (AvgIpc) is 2.61. The van der Waals surface area contributed by atoms with Gasteiger partial charge in [-0.15, -0.1) is 11.8 Å². The summed E-state index contributed by atoms with van der Waals surface area (Å²) in [6.45, 7) is 1.94. The molecule has 1 heterocycles. The Balaban J connectivity index is 1.74. The highest BCUT2D eigenvalue weighted by atomic mass is 32.2. The number of alkyl halides is 3. The molecule has 0 saturated carbocycles. The lowest BCUT2D eigenvalue weighted by atomic mass is 10.2. The van der Waals surface area contributed by atoms with E-state index in [1.54, 1.807) is 6.07 Å². The van der Waals surface area contributed by atoms with E-state index in [4.69, 9.17) is 5.73 Å². The highest BCUT2D eigenvalue weighted by Crippen LogP contribution is 2.32. The second kappa shape index (κ2) is 7.83. The summed E-state index contributed by atoms with van der Waals surface area (Å²) < 4.78 is 38.4. The molecule has 27 heavy (non-hydrogen) atoms. The van der Waals surface area contributed by atoms with Gasteiger partial charge in [0, 0.05) is 10.6 Å². The van der Waals surface area contributed by atoms with Crippen LogP contribution in [0, 0.1) is 6.92 Å². The van der Waals surface area contributed by atoms with Crippen LogP contribution in [0.3, 0.4) is 0 Å². The normalized spacial score (nSPS) is 11.4. The lowest BCUT2D eigenvalue weighted by Crippen LogP contribution is -2.07. The van der Waals surface area contributed by atoms with E-state index < -0.39 is 11.7 Å². The molecule has 0 aliphatic rings. The van der Waals surface area contributed by atoms with Gasteiger partial charge >= 0.3 is 6.18 Å². The predicted octanol–water partition coefficient (Wildman–Crippen LogP) is 4.82. The van der Waals surface area contributed by atoms with Gasteiger partial charge in [-0.1, -0.05) is 24.3 Å². The first-order chi connectivity index (χ1) is 12.8. The second-order valence-electron chi connectivity index (χ2n) is 5.69. The number of aromatic nitrogens is 3. The van der Waals surface area contributed by atoms with Gasteiger partial charge in [-0.2, -0.15) is 28.1 Å². The molecule has 0 fully saturated rings. The monoisotopic (exact) mass is 391 g/mol. The summed E-state index contributed by atoms with van der Waals surface area (Å²) in [5, 5.41) is 3.08. The zero-order valence-corrected chi connectivity index (χ0v) is 15.1. The maximum absolute atomic E-state index is 12.8. The topological polar surface area (TPSA) is 76.7 Å². The van der Waals surface area contributed by atoms with Gasteiger partial charge in [0.15, 0.2) is 0 Å². The number of para-hydroxylation sites is 1. The van der Waals surface area contributed by atoms with Crippen molar-refractivity contribution in [2.24, 2.45) is 0 Å². The van der Waals surface area contributed by atoms with Gasteiger partial charge in [0.25, 0.3) is 0 Å². The Hall–Kier alpha value is -2.81. The van der Waals surface area contributed by atoms with Crippen molar-refractivity contribution in [3.05, 3.63) is 65.5 Å². The third-order valence-electron chi connectivity index (χ3n) is 3.62. The van der Waals surface area contributed by atoms with Crippen molar-refractivity contribution in [1.82, 2.24) is 15.0 Å². The molecule has 0 atom stereocenters. The average molecular weight is 391 g/mol. The van der Waals surface area contributed by atoms with Crippen LogP contribution in [0.2, 0.25) is 0 Å². The number of hydrogen-bond donors (Lipinski definition) is 2. The van der Waals surface area contributed by atoms with Gasteiger partial charge in [-0.05, 0) is 36.8 Å². The minimum Gasteiger partial charge on any atom is -0.368 e. The molecule has 5 nitrogen and oxygen atoms in total. The van der Waals surface area contributed by atoms with Gasteiger partial charge in [-0.3, -0.25) is 0 Å². The van der Waals surface area contributed by atoms with Gasteiger partial charge in [-0.25, -0.2) is 0 Å². The lowest BCUT2D eigenvalue weighted by Gasteiger charge is -2.10. The maximum atomic E-state index is 12.8. The Morgan fingerprint density at radius 1 is 1.04 bits per heavy atom. The Morgan fingerprint density at radius 3 is 2.56 bits per heavy atom. The second-order valence-corrected chi connectivity index (χ2v) is 6.74. The van der Waals surface area contributed by atoms with Gasteiger partial charge in [0.2, 0.25) is 11.9 Å². The summed E-state index contributed by atoms with van der Waals surface area (Å²) in [6, 6.07) is 12.7. The van der Waals surface area contributed by atoms with Crippen LogP contribution in [0.4, 0.5) is 30.8 Å². The molecule has 0 aliphatic heterocycles. The molecule has 3 N–H and O–H groups in total. The number of thioether (sulfide) groups is 1. The van der Waals surface area contributed by atoms with E-state index >= 15 is 0 Å². The number of anilines is 3. The molecule has 0 aliphatic carbocycles. The first kappa shape index (κ1) is 19.0. The fraction of sp³-hybridized carbons (Fsp3) is 0.167. The molecule has 9 heteroatoms. The number of hydrogen-bond acceptors (Lipinski definition) is 6. The van der Waals surface area contributed by atoms with E-state index in [9.17, 15) is 13.2 Å². The third kappa shape index (κ3) is 5.10. The fourth-order valence-corrected chi connectivity index (χ4v) is 3.11. The summed E-state index contributed by atoms with van der Waals surface area (Å²) >= 11 is 1.19. The molecule has 0 bridgehead atoms. The molecule has 3 aromatic rings. The number of nitrogens with zero attached hydrogens (tertiary/aromatic N) is 3. The van der Waals surface area contributed by atoms with Crippen molar-refractivity contribution in [1.29, 1.82) is 0 Å². The van der Waals surface area contributed by atoms with Crippen molar-refractivity contribution in [2.45, 2.75) is 23.7 Å². The first-order valence-corrected chi connectivity index (χ1v) is 8.93. The molecule has 0 saturated heterocycles. The number of nitrogens with one attached hydrogen (secondary N) is 1. The van der Waals surface area contributed by atoms with Crippen LogP contribution in [0.25, 0.3) is 0 Å². The van der Waals surface area contributed by atoms with Gasteiger partial charge < -0.3 is 11.1 Å². The molecular weight excluding hydrogens is 375 g/mol. The first-order valence-electron chi connectivity index (χ1n) is 7.94. The highest BCUT2D eigenvalue weighted by molar-refractivity contribution is 7.98. The lowest BCUT2D eigenvalue weighted by molar-refractivity contribution is -0.137. The number of nitrogen functional groups attached to an aromatic ring is 1. The van der Waals surface area contributed by atoms with Crippen LogP contribution in [0.5, 0.6) is 0 Å². The van der Waals surface area contributed by atoms with E-state index in [0.717, 1.165) is 23.4 Å². The van der Waals surface area contributed by atoms with E-state index in [1.807, 2.05) is 31.2 Å². The summed E-state index contributed by atoms with van der Waals surface area (Å²) in [4.78, 5) is 12.9. The van der Waals surface area contributed by atoms with Crippen LogP contribution in [0.15, 0.2) is 53.4 Å². The van der Waals surface area contributed by atoms with Gasteiger partial charge in [0.1, 0.15) is 5.82 Å². The van der Waals surface area contributed by atoms with Crippen LogP contribution in [0.1, 0.15) is 17.0 Å². The van der Waals surface area contributed by atoms with Crippen molar-refractivity contribution in [3.63, 3.8) is 0 Å². The smallest absolute Gasteiger partial charge is 0.368 e. The molecular formula is C18H16F3N5S. The molecule has 0 amide bonds. The number of rotatable bonds is 5. The molecule has 2 aromatic carbocycles. The summed E-state index contributed by atoms with van der Waals surface area (Å²) in [7, 11) is 0. The molecule has 0 spiro atoms. The minimum atomic E-state index is -4.38. The quantitative estimate of drug-likeness (QED) is 0.608. The predicted molar refractivity (Wildman–Crippen MR) is 99.7 cm³/mol. The van der Waals surface area contributed by atoms with E-state index in [-0.39, 0.29) is 17.6 Å². The van der Waals surface area contributed by atoms with Crippen LogP contribution < -0.4 is 11.1 Å². The summed E-state index contributed by atoms with van der Waals surface area (Å²) in [5.74, 6) is 0.967. The number of nitrogens with two attached hydrogens (primary N) is 1. The van der Waals surface area contributed by atoms with Crippen molar-refractivity contribution in [3.8, 4) is 0 Å². The highest BCUT2D eigenvalue weighted by Gasteiger charge is 2.30. The summed E-state index contributed by atoms with van der Waals surface area (Å²) in [5.41, 5.74) is 6.89. The Labute approximate surface area is 158 Å². The fourth-order valence-electron chi connectivity index (χ4n) is 2.30. The van der Waals surface area contributed by atoms with Gasteiger partial charge in [0.05, 0.1) is 11.3 Å². The van der Waals surface area contributed by atoms with E-state index in [0.29, 0.717) is 10.7 Å². The molecule has 0 radical (unpaired) electrons. The van der Waals surface area contributed by atoms with Crippen LogP contribution in [-0.4, -0.2) is 15.0 Å². The number of halogens is 3. The number of benzene rings is 2. The largest absolute Gasteiger partial charge is 0.416 e. The molecule has 0 unspecified atom stereocenters. The molecule has 140 valence electrons. The molecule has 1 aromatic heterocycles.